The fourth-order valence-corrected chi connectivity index (χ4v) is 2.41. The van der Waals surface area contributed by atoms with E-state index in [0.717, 1.165) is 16.9 Å². The molecule has 0 radical (unpaired) electrons. The van der Waals surface area contributed by atoms with E-state index in [2.05, 4.69) is 4.98 Å². The van der Waals surface area contributed by atoms with Gasteiger partial charge in [-0.05, 0) is 36.8 Å². The number of ether oxygens (including phenoxy) is 2. The van der Waals surface area contributed by atoms with E-state index >= 15 is 0 Å². The lowest BCUT2D eigenvalue weighted by molar-refractivity contribution is 0.0501. The summed E-state index contributed by atoms with van der Waals surface area (Å²) in [5, 5.41) is 0. The third kappa shape index (κ3) is 4.07. The Morgan fingerprint density at radius 2 is 1.80 bits per heavy atom. The number of aromatic nitrogens is 1. The predicted molar refractivity (Wildman–Crippen MR) is 93.7 cm³/mol. The molecule has 0 saturated heterocycles. The summed E-state index contributed by atoms with van der Waals surface area (Å²) in [6.07, 6.45) is 0.623. The highest BCUT2D eigenvalue weighted by Crippen LogP contribution is 2.22. The van der Waals surface area contributed by atoms with Crippen LogP contribution in [-0.2, 0) is 11.2 Å². The first-order valence-corrected chi connectivity index (χ1v) is 8.00. The number of carbonyl (C=O) groups excluding carboxylic acids is 1. The number of oxazole rings is 1. The molecule has 1 heterocycles. The number of methoxy groups -OCH3 is 1. The molecule has 0 amide bonds. The molecule has 0 bridgehead atoms. The molecule has 5 heteroatoms. The van der Waals surface area contributed by atoms with Crippen molar-refractivity contribution in [1.82, 2.24) is 4.98 Å². The van der Waals surface area contributed by atoms with Crippen molar-refractivity contribution in [2.45, 2.75) is 13.3 Å². The zero-order valence-corrected chi connectivity index (χ0v) is 14.2. The number of carbonyl (C=O) groups is 1. The van der Waals surface area contributed by atoms with E-state index in [4.69, 9.17) is 13.9 Å². The van der Waals surface area contributed by atoms with Crippen molar-refractivity contribution < 1.29 is 18.7 Å². The highest BCUT2D eigenvalue weighted by molar-refractivity contribution is 5.88. The van der Waals surface area contributed by atoms with Gasteiger partial charge in [0.1, 0.15) is 11.5 Å². The van der Waals surface area contributed by atoms with Crippen LogP contribution in [0.2, 0.25) is 0 Å². The molecule has 2 aromatic carbocycles. The largest absolute Gasteiger partial charge is 0.497 e. The fraction of sp³-hybridized carbons (Fsp3) is 0.200. The molecule has 0 aliphatic rings. The van der Waals surface area contributed by atoms with Crippen LogP contribution in [0.25, 0.3) is 11.5 Å². The van der Waals surface area contributed by atoms with Crippen molar-refractivity contribution in [1.29, 1.82) is 0 Å². The van der Waals surface area contributed by atoms with E-state index in [0.29, 0.717) is 18.1 Å². The van der Waals surface area contributed by atoms with Gasteiger partial charge in [0.05, 0.1) is 13.7 Å². The van der Waals surface area contributed by atoms with Gasteiger partial charge in [-0.1, -0.05) is 30.3 Å². The molecule has 5 nitrogen and oxygen atoms in total. The highest BCUT2D eigenvalue weighted by atomic mass is 16.5. The minimum absolute atomic E-state index is 0.216. The summed E-state index contributed by atoms with van der Waals surface area (Å²) in [6, 6.07) is 17.1. The normalized spacial score (nSPS) is 10.5. The second-order valence-corrected chi connectivity index (χ2v) is 5.52. The maximum absolute atomic E-state index is 12.2. The van der Waals surface area contributed by atoms with Crippen LogP contribution in [0.4, 0.5) is 0 Å². The lowest BCUT2D eigenvalue weighted by atomic mass is 10.1. The van der Waals surface area contributed by atoms with Crippen LogP contribution in [0.5, 0.6) is 5.75 Å². The summed E-state index contributed by atoms with van der Waals surface area (Å²) in [5.74, 6) is 1.19. The molecule has 128 valence electrons. The molecule has 0 aliphatic carbocycles. The molecule has 1 aromatic heterocycles. The number of esters is 1. The number of aryl methyl sites for hydroxylation is 1. The minimum atomic E-state index is -0.475. The van der Waals surface area contributed by atoms with Crippen LogP contribution in [0.1, 0.15) is 21.8 Å². The zero-order chi connectivity index (χ0) is 17.6. The van der Waals surface area contributed by atoms with Gasteiger partial charge in [0.15, 0.2) is 5.69 Å². The zero-order valence-electron chi connectivity index (χ0n) is 14.2. The van der Waals surface area contributed by atoms with Crippen LogP contribution in [-0.4, -0.2) is 24.7 Å². The van der Waals surface area contributed by atoms with Crippen LogP contribution in [0, 0.1) is 6.92 Å². The van der Waals surface area contributed by atoms with E-state index in [-0.39, 0.29) is 12.3 Å². The Bertz CT molecular complexity index is 838. The Labute approximate surface area is 146 Å². The Morgan fingerprint density at radius 3 is 2.48 bits per heavy atom. The first-order chi connectivity index (χ1) is 12.2. The second kappa shape index (κ2) is 7.66. The maximum atomic E-state index is 12.2. The molecule has 0 atom stereocenters. The molecule has 0 N–H and O–H groups in total. The van der Waals surface area contributed by atoms with E-state index in [1.807, 2.05) is 54.6 Å². The third-order valence-electron chi connectivity index (χ3n) is 3.79. The lowest BCUT2D eigenvalue weighted by Gasteiger charge is -2.05. The average Bonchev–Trinajstić information content (AvgIpc) is 3.05. The van der Waals surface area contributed by atoms with Crippen molar-refractivity contribution in [2.24, 2.45) is 0 Å². The molecule has 0 spiro atoms. The first kappa shape index (κ1) is 16.8. The van der Waals surface area contributed by atoms with Crippen molar-refractivity contribution in [2.75, 3.05) is 13.7 Å². The summed E-state index contributed by atoms with van der Waals surface area (Å²) in [7, 11) is 1.63. The highest BCUT2D eigenvalue weighted by Gasteiger charge is 2.19. The van der Waals surface area contributed by atoms with Gasteiger partial charge in [-0.15, -0.1) is 0 Å². The topological polar surface area (TPSA) is 61.6 Å². The van der Waals surface area contributed by atoms with Gasteiger partial charge in [-0.2, -0.15) is 0 Å². The van der Waals surface area contributed by atoms with Crippen LogP contribution in [0.15, 0.2) is 59.0 Å². The quantitative estimate of drug-likeness (QED) is 0.635. The van der Waals surface area contributed by atoms with Gasteiger partial charge in [0.2, 0.25) is 5.89 Å². The molecule has 0 saturated carbocycles. The van der Waals surface area contributed by atoms with Crippen LogP contribution in [0.3, 0.4) is 0 Å². The van der Waals surface area contributed by atoms with Crippen molar-refractivity contribution in [3.05, 3.63) is 71.6 Å². The van der Waals surface area contributed by atoms with Gasteiger partial charge in [-0.3, -0.25) is 0 Å². The van der Waals surface area contributed by atoms with E-state index in [1.165, 1.54) is 0 Å². The smallest absolute Gasteiger partial charge is 0.360 e. The van der Waals surface area contributed by atoms with Gasteiger partial charge >= 0.3 is 5.97 Å². The third-order valence-corrected chi connectivity index (χ3v) is 3.79. The number of nitrogens with zero attached hydrogens (tertiary/aromatic N) is 1. The van der Waals surface area contributed by atoms with Crippen molar-refractivity contribution in [3.8, 4) is 17.2 Å². The summed E-state index contributed by atoms with van der Waals surface area (Å²) in [5.41, 5.74) is 2.10. The Hall–Kier alpha value is -3.08. The average molecular weight is 337 g/mol. The fourth-order valence-electron chi connectivity index (χ4n) is 2.41. The molecule has 25 heavy (non-hydrogen) atoms. The first-order valence-electron chi connectivity index (χ1n) is 8.00. The SMILES string of the molecule is COc1ccc(CCOC(=O)c2nc(-c3ccccc3)oc2C)cc1. The van der Waals surface area contributed by atoms with Gasteiger partial charge in [-0.25, -0.2) is 9.78 Å². The van der Waals surface area contributed by atoms with E-state index in [9.17, 15) is 4.79 Å². The Morgan fingerprint density at radius 1 is 1.08 bits per heavy atom. The molecule has 3 rings (SSSR count). The molecule has 0 fully saturated rings. The predicted octanol–water partition coefficient (Wildman–Crippen LogP) is 4.06. The molecule has 0 aliphatic heterocycles. The van der Waals surface area contributed by atoms with Gasteiger partial charge in [0, 0.05) is 12.0 Å². The summed E-state index contributed by atoms with van der Waals surface area (Å²) < 4.78 is 16.0. The number of rotatable bonds is 6. The maximum Gasteiger partial charge on any atom is 0.360 e. The van der Waals surface area contributed by atoms with Gasteiger partial charge in [0.25, 0.3) is 0 Å². The molecule has 3 aromatic rings. The summed E-state index contributed by atoms with van der Waals surface area (Å²) in [6.45, 7) is 1.98. The van der Waals surface area contributed by atoms with E-state index in [1.54, 1.807) is 14.0 Å². The molecule has 0 unspecified atom stereocenters. The Kier molecular flexibility index (Phi) is 5.14. The number of hydrogen-bond donors (Lipinski definition) is 0. The van der Waals surface area contributed by atoms with Gasteiger partial charge < -0.3 is 13.9 Å². The van der Waals surface area contributed by atoms with E-state index < -0.39 is 5.97 Å². The Balaban J connectivity index is 1.60. The van der Waals surface area contributed by atoms with Crippen LogP contribution < -0.4 is 4.74 Å². The molecular weight excluding hydrogens is 318 g/mol. The van der Waals surface area contributed by atoms with Crippen molar-refractivity contribution >= 4 is 5.97 Å². The summed E-state index contributed by atoms with van der Waals surface area (Å²) >= 11 is 0. The number of hydrogen-bond acceptors (Lipinski definition) is 5. The summed E-state index contributed by atoms with van der Waals surface area (Å²) in [4.78, 5) is 16.5. The number of benzene rings is 2. The minimum Gasteiger partial charge on any atom is -0.497 e. The molecular formula is C20H19NO4. The van der Waals surface area contributed by atoms with Crippen LogP contribution >= 0.6 is 0 Å². The lowest BCUT2D eigenvalue weighted by Crippen LogP contribution is -2.09. The standard InChI is InChI=1S/C20H19NO4/c1-14-18(21-19(25-14)16-6-4-3-5-7-16)20(22)24-13-12-15-8-10-17(23-2)11-9-15/h3-11H,12-13H2,1-2H3. The second-order valence-electron chi connectivity index (χ2n) is 5.52. The van der Waals surface area contributed by atoms with Crippen molar-refractivity contribution in [3.63, 3.8) is 0 Å². The monoisotopic (exact) mass is 337 g/mol.